The molecular formula is C16H24BrN3O. The molecule has 0 unspecified atom stereocenters. The van der Waals surface area contributed by atoms with Gasteiger partial charge in [-0.05, 0) is 52.9 Å². The van der Waals surface area contributed by atoms with Crippen LogP contribution in [0.15, 0.2) is 15.5 Å². The molecule has 0 spiro atoms. The van der Waals surface area contributed by atoms with E-state index in [9.17, 15) is 4.79 Å². The van der Waals surface area contributed by atoms with Crippen molar-refractivity contribution in [1.29, 1.82) is 0 Å². The summed E-state index contributed by atoms with van der Waals surface area (Å²) in [6.07, 6.45) is 10.6. The van der Waals surface area contributed by atoms with Gasteiger partial charge in [-0.1, -0.05) is 26.2 Å². The number of nitrogens with one attached hydrogen (secondary N) is 1. The zero-order valence-corrected chi connectivity index (χ0v) is 14.3. The summed E-state index contributed by atoms with van der Waals surface area (Å²) in [5.41, 5.74) is 1.02. The lowest BCUT2D eigenvalue weighted by Crippen LogP contribution is -2.33. The van der Waals surface area contributed by atoms with Gasteiger partial charge in [0.25, 0.3) is 5.56 Å². The third kappa shape index (κ3) is 3.33. The van der Waals surface area contributed by atoms with E-state index in [-0.39, 0.29) is 5.56 Å². The van der Waals surface area contributed by atoms with Gasteiger partial charge < -0.3 is 5.32 Å². The zero-order valence-electron chi connectivity index (χ0n) is 12.7. The first-order valence-corrected chi connectivity index (χ1v) is 8.86. The summed E-state index contributed by atoms with van der Waals surface area (Å²) in [6, 6.07) is 0. The average molecular weight is 354 g/mol. The van der Waals surface area contributed by atoms with Crippen LogP contribution in [-0.2, 0) is 6.54 Å². The number of rotatable bonds is 5. The minimum atomic E-state index is 0.0119. The van der Waals surface area contributed by atoms with Crippen molar-refractivity contribution >= 4 is 21.6 Å². The lowest BCUT2D eigenvalue weighted by Gasteiger charge is -2.26. The normalized spacial score (nSPS) is 21.2. The standard InChI is InChI=1S/C16H24BrN3O/c1-16(7-2-3-8-16)11-18-14-13(17)9-19-20(15(14)21)10-12-5-4-6-12/h9,12,18H,2-8,10-11H2,1H3. The molecule has 2 saturated carbocycles. The van der Waals surface area contributed by atoms with Crippen molar-refractivity contribution in [2.24, 2.45) is 11.3 Å². The Morgan fingerprint density at radius 2 is 2.10 bits per heavy atom. The molecule has 5 heteroatoms. The first-order valence-electron chi connectivity index (χ1n) is 8.07. The molecule has 0 atom stereocenters. The van der Waals surface area contributed by atoms with Gasteiger partial charge in [-0.25, -0.2) is 4.68 Å². The highest BCUT2D eigenvalue weighted by molar-refractivity contribution is 9.10. The van der Waals surface area contributed by atoms with Gasteiger partial charge in [0, 0.05) is 13.1 Å². The summed E-state index contributed by atoms with van der Waals surface area (Å²) in [4.78, 5) is 12.6. The summed E-state index contributed by atoms with van der Waals surface area (Å²) in [6.45, 7) is 3.95. The summed E-state index contributed by atoms with van der Waals surface area (Å²) >= 11 is 3.47. The second-order valence-electron chi connectivity index (χ2n) is 7.02. The fourth-order valence-corrected chi connectivity index (χ4v) is 3.79. The maximum absolute atomic E-state index is 12.6. The van der Waals surface area contributed by atoms with Crippen LogP contribution in [0, 0.1) is 11.3 Å². The molecule has 1 heterocycles. The quantitative estimate of drug-likeness (QED) is 0.875. The molecule has 116 valence electrons. The minimum absolute atomic E-state index is 0.0119. The number of hydrogen-bond acceptors (Lipinski definition) is 3. The maximum atomic E-state index is 12.6. The molecule has 3 rings (SSSR count). The van der Waals surface area contributed by atoms with E-state index in [1.807, 2.05) is 0 Å². The van der Waals surface area contributed by atoms with Crippen molar-refractivity contribution in [2.45, 2.75) is 58.4 Å². The Labute approximate surface area is 134 Å². The van der Waals surface area contributed by atoms with Crippen molar-refractivity contribution in [3.63, 3.8) is 0 Å². The van der Waals surface area contributed by atoms with Crippen LogP contribution in [0.25, 0.3) is 0 Å². The molecule has 2 fully saturated rings. The number of aromatic nitrogens is 2. The largest absolute Gasteiger partial charge is 0.379 e. The van der Waals surface area contributed by atoms with Gasteiger partial charge in [0.2, 0.25) is 0 Å². The molecular weight excluding hydrogens is 330 g/mol. The van der Waals surface area contributed by atoms with Crippen molar-refractivity contribution in [3.05, 3.63) is 21.0 Å². The van der Waals surface area contributed by atoms with Crippen LogP contribution in [0.4, 0.5) is 5.69 Å². The molecule has 1 aromatic heterocycles. The topological polar surface area (TPSA) is 46.9 Å². The maximum Gasteiger partial charge on any atom is 0.291 e. The van der Waals surface area contributed by atoms with E-state index in [1.54, 1.807) is 10.9 Å². The molecule has 0 radical (unpaired) electrons. The minimum Gasteiger partial charge on any atom is -0.379 e. The third-order valence-electron chi connectivity index (χ3n) is 5.16. The highest BCUT2D eigenvalue weighted by Gasteiger charge is 2.29. The third-order valence-corrected chi connectivity index (χ3v) is 5.76. The lowest BCUT2D eigenvalue weighted by atomic mass is 9.85. The second kappa shape index (κ2) is 6.11. The number of anilines is 1. The fraction of sp³-hybridized carbons (Fsp3) is 0.750. The molecule has 4 nitrogen and oxygen atoms in total. The lowest BCUT2D eigenvalue weighted by molar-refractivity contribution is 0.261. The molecule has 2 aliphatic rings. The Kier molecular flexibility index (Phi) is 4.38. The molecule has 0 bridgehead atoms. The van der Waals surface area contributed by atoms with Crippen LogP contribution in [0.5, 0.6) is 0 Å². The summed E-state index contributed by atoms with van der Waals surface area (Å²) in [7, 11) is 0. The first kappa shape index (κ1) is 15.1. The van der Waals surface area contributed by atoms with Gasteiger partial charge in [0.1, 0.15) is 5.69 Å². The van der Waals surface area contributed by atoms with E-state index in [4.69, 9.17) is 0 Å². The Bertz CT molecular complexity index is 559. The van der Waals surface area contributed by atoms with Crippen LogP contribution in [-0.4, -0.2) is 16.3 Å². The Morgan fingerprint density at radius 3 is 2.71 bits per heavy atom. The number of hydrogen-bond donors (Lipinski definition) is 1. The van der Waals surface area contributed by atoms with Gasteiger partial charge in [0.15, 0.2) is 0 Å². The van der Waals surface area contributed by atoms with E-state index < -0.39 is 0 Å². The van der Waals surface area contributed by atoms with Gasteiger partial charge >= 0.3 is 0 Å². The van der Waals surface area contributed by atoms with E-state index in [1.165, 1.54) is 44.9 Å². The predicted molar refractivity (Wildman–Crippen MR) is 88.6 cm³/mol. The van der Waals surface area contributed by atoms with Gasteiger partial charge in [-0.3, -0.25) is 4.79 Å². The first-order chi connectivity index (χ1) is 10.1. The van der Waals surface area contributed by atoms with Crippen molar-refractivity contribution in [1.82, 2.24) is 9.78 Å². The van der Waals surface area contributed by atoms with Crippen LogP contribution in [0.3, 0.4) is 0 Å². The van der Waals surface area contributed by atoms with Crippen LogP contribution >= 0.6 is 15.9 Å². The summed E-state index contributed by atoms with van der Waals surface area (Å²) in [5, 5.41) is 7.67. The zero-order chi connectivity index (χ0) is 14.9. The van der Waals surface area contributed by atoms with Crippen LogP contribution < -0.4 is 10.9 Å². The Balaban J connectivity index is 1.73. The highest BCUT2D eigenvalue weighted by Crippen LogP contribution is 2.37. The van der Waals surface area contributed by atoms with Crippen LogP contribution in [0.1, 0.15) is 51.9 Å². The molecule has 1 aromatic rings. The summed E-state index contributed by atoms with van der Waals surface area (Å²) in [5.74, 6) is 0.636. The van der Waals surface area contributed by atoms with Crippen molar-refractivity contribution in [2.75, 3.05) is 11.9 Å². The van der Waals surface area contributed by atoms with Crippen molar-refractivity contribution in [3.8, 4) is 0 Å². The van der Waals surface area contributed by atoms with Gasteiger partial charge in [0.05, 0.1) is 10.7 Å². The van der Waals surface area contributed by atoms with E-state index in [0.29, 0.717) is 17.0 Å². The number of halogens is 1. The molecule has 0 aromatic carbocycles. The molecule has 1 N–H and O–H groups in total. The van der Waals surface area contributed by atoms with Gasteiger partial charge in [-0.2, -0.15) is 5.10 Å². The molecule has 2 aliphatic carbocycles. The smallest absolute Gasteiger partial charge is 0.291 e. The molecule has 0 saturated heterocycles. The highest BCUT2D eigenvalue weighted by atomic mass is 79.9. The predicted octanol–water partition coefficient (Wildman–Crippen LogP) is 3.80. The summed E-state index contributed by atoms with van der Waals surface area (Å²) < 4.78 is 2.41. The number of nitrogens with zero attached hydrogens (tertiary/aromatic N) is 2. The van der Waals surface area contributed by atoms with E-state index in [0.717, 1.165) is 17.6 Å². The van der Waals surface area contributed by atoms with E-state index >= 15 is 0 Å². The SMILES string of the molecule is CC1(CNc2c(Br)cnn(CC3CCC3)c2=O)CCCC1. The van der Waals surface area contributed by atoms with Gasteiger partial charge in [-0.15, -0.1) is 0 Å². The molecule has 0 aliphatic heterocycles. The monoisotopic (exact) mass is 353 g/mol. The molecule has 21 heavy (non-hydrogen) atoms. The fourth-order valence-electron chi connectivity index (χ4n) is 3.39. The van der Waals surface area contributed by atoms with E-state index in [2.05, 4.69) is 33.3 Å². The Hall–Kier alpha value is -0.840. The Morgan fingerprint density at radius 1 is 1.38 bits per heavy atom. The van der Waals surface area contributed by atoms with Crippen LogP contribution in [0.2, 0.25) is 0 Å². The van der Waals surface area contributed by atoms with Crippen molar-refractivity contribution < 1.29 is 0 Å². The second-order valence-corrected chi connectivity index (χ2v) is 7.88. The molecule has 0 amide bonds. The average Bonchev–Trinajstić information content (AvgIpc) is 2.83.